The zero-order chi connectivity index (χ0) is 15.8. The average Bonchev–Trinajstić information content (AvgIpc) is 2.44. The van der Waals surface area contributed by atoms with Crippen molar-refractivity contribution < 1.29 is 14.7 Å². The first-order valence-corrected chi connectivity index (χ1v) is 7.76. The van der Waals surface area contributed by atoms with E-state index in [-0.39, 0.29) is 12.5 Å². The number of piperidine rings is 1. The van der Waals surface area contributed by atoms with Gasteiger partial charge >= 0.3 is 12.0 Å². The van der Waals surface area contributed by atoms with E-state index < -0.39 is 5.97 Å². The van der Waals surface area contributed by atoms with Crippen LogP contribution in [-0.2, 0) is 4.79 Å². The van der Waals surface area contributed by atoms with Crippen molar-refractivity contribution in [1.29, 1.82) is 0 Å². The minimum Gasteiger partial charge on any atom is -0.481 e. The van der Waals surface area contributed by atoms with E-state index in [0.29, 0.717) is 5.92 Å². The van der Waals surface area contributed by atoms with Crippen LogP contribution in [0.25, 0.3) is 0 Å². The van der Waals surface area contributed by atoms with Crippen molar-refractivity contribution in [3.8, 4) is 0 Å². The van der Waals surface area contributed by atoms with Crippen molar-refractivity contribution in [2.24, 2.45) is 5.92 Å². The van der Waals surface area contributed by atoms with E-state index in [1.807, 2.05) is 26.0 Å². The van der Waals surface area contributed by atoms with Crippen LogP contribution >= 0.6 is 0 Å². The number of rotatable bonds is 7. The third-order valence-electron chi connectivity index (χ3n) is 4.08. The van der Waals surface area contributed by atoms with Gasteiger partial charge in [0, 0.05) is 33.1 Å². The molecule has 21 heavy (non-hydrogen) atoms. The Balaban J connectivity index is 2.26. The first-order valence-electron chi connectivity index (χ1n) is 7.76. The highest BCUT2D eigenvalue weighted by Gasteiger charge is 2.24. The maximum atomic E-state index is 12.3. The summed E-state index contributed by atoms with van der Waals surface area (Å²) in [6, 6.07) is 0.102. The molecule has 1 N–H and O–H groups in total. The van der Waals surface area contributed by atoms with Gasteiger partial charge in [0.05, 0.1) is 0 Å². The van der Waals surface area contributed by atoms with Gasteiger partial charge in [-0.15, -0.1) is 0 Å². The molecule has 0 saturated carbocycles. The molecule has 1 saturated heterocycles. The highest BCUT2D eigenvalue weighted by molar-refractivity contribution is 5.74. The number of carboxylic acid groups (broad SMARTS) is 1. The SMILES string of the molecule is CN(C)CCCN(C)C(=O)N1CCC(CCC(=O)O)CC1. The van der Waals surface area contributed by atoms with Crippen molar-refractivity contribution in [3.63, 3.8) is 0 Å². The number of nitrogens with zero attached hydrogens (tertiary/aromatic N) is 3. The normalized spacial score (nSPS) is 16.3. The summed E-state index contributed by atoms with van der Waals surface area (Å²) < 4.78 is 0. The van der Waals surface area contributed by atoms with Gasteiger partial charge in [-0.05, 0) is 52.2 Å². The summed E-state index contributed by atoms with van der Waals surface area (Å²) in [5.41, 5.74) is 0. The highest BCUT2D eigenvalue weighted by Crippen LogP contribution is 2.22. The Morgan fingerprint density at radius 1 is 1.14 bits per heavy atom. The fourth-order valence-electron chi connectivity index (χ4n) is 2.70. The molecular formula is C15H29N3O3. The minimum absolute atomic E-state index is 0.102. The second-order valence-corrected chi connectivity index (χ2v) is 6.22. The molecule has 1 rings (SSSR count). The number of likely N-dealkylation sites (tertiary alicyclic amines) is 1. The average molecular weight is 299 g/mol. The van der Waals surface area contributed by atoms with Crippen molar-refractivity contribution >= 4 is 12.0 Å². The molecule has 1 heterocycles. The van der Waals surface area contributed by atoms with Gasteiger partial charge in [0.2, 0.25) is 0 Å². The maximum absolute atomic E-state index is 12.3. The van der Waals surface area contributed by atoms with Crippen molar-refractivity contribution in [2.45, 2.75) is 32.1 Å². The number of carbonyl (C=O) groups is 2. The Morgan fingerprint density at radius 2 is 1.76 bits per heavy atom. The molecule has 1 aliphatic rings. The highest BCUT2D eigenvalue weighted by atomic mass is 16.4. The molecule has 6 nitrogen and oxygen atoms in total. The third kappa shape index (κ3) is 6.80. The van der Waals surface area contributed by atoms with Gasteiger partial charge in [0.15, 0.2) is 0 Å². The summed E-state index contributed by atoms with van der Waals surface area (Å²) in [5, 5.41) is 8.70. The van der Waals surface area contributed by atoms with E-state index in [1.165, 1.54) is 0 Å². The van der Waals surface area contributed by atoms with Gasteiger partial charge in [-0.25, -0.2) is 4.79 Å². The van der Waals surface area contributed by atoms with Crippen molar-refractivity contribution in [2.75, 3.05) is 47.3 Å². The lowest BCUT2D eigenvalue weighted by atomic mass is 9.92. The minimum atomic E-state index is -0.728. The summed E-state index contributed by atoms with van der Waals surface area (Å²) >= 11 is 0. The molecule has 6 heteroatoms. The molecule has 0 unspecified atom stereocenters. The van der Waals surface area contributed by atoms with Crippen LogP contribution < -0.4 is 0 Å². The van der Waals surface area contributed by atoms with Gasteiger partial charge in [0.25, 0.3) is 0 Å². The number of urea groups is 1. The first-order chi connectivity index (χ1) is 9.90. The number of carboxylic acids is 1. The Bertz CT molecular complexity index is 339. The third-order valence-corrected chi connectivity index (χ3v) is 4.08. The van der Waals surface area contributed by atoms with Gasteiger partial charge in [-0.1, -0.05) is 0 Å². The fraction of sp³-hybridized carbons (Fsp3) is 0.867. The van der Waals surface area contributed by atoms with Crippen molar-refractivity contribution in [1.82, 2.24) is 14.7 Å². The standard InChI is InChI=1S/C15H29N3O3/c1-16(2)9-4-10-17(3)15(21)18-11-7-13(8-12-18)5-6-14(19)20/h13H,4-12H2,1-3H3,(H,19,20). The fourth-order valence-corrected chi connectivity index (χ4v) is 2.70. The van der Waals surface area contributed by atoms with Gasteiger partial charge < -0.3 is 19.8 Å². The molecule has 122 valence electrons. The number of hydrogen-bond acceptors (Lipinski definition) is 3. The summed E-state index contributed by atoms with van der Waals surface area (Å²) in [5.74, 6) is -0.279. The maximum Gasteiger partial charge on any atom is 0.319 e. The van der Waals surface area contributed by atoms with E-state index in [9.17, 15) is 9.59 Å². The molecule has 0 aromatic carbocycles. The van der Waals surface area contributed by atoms with Crippen LogP contribution in [0.4, 0.5) is 4.79 Å². The molecule has 0 radical (unpaired) electrons. The predicted octanol–water partition coefficient (Wildman–Crippen LogP) is 1.57. The lowest BCUT2D eigenvalue weighted by Gasteiger charge is -2.34. The number of aliphatic carboxylic acids is 1. The lowest BCUT2D eigenvalue weighted by molar-refractivity contribution is -0.137. The summed E-state index contributed by atoms with van der Waals surface area (Å²) in [7, 11) is 5.92. The van der Waals surface area contributed by atoms with Crippen LogP contribution in [0.15, 0.2) is 0 Å². The Hall–Kier alpha value is -1.30. The van der Waals surface area contributed by atoms with Gasteiger partial charge in [0.1, 0.15) is 0 Å². The molecule has 0 atom stereocenters. The smallest absolute Gasteiger partial charge is 0.319 e. The van der Waals surface area contributed by atoms with E-state index in [1.54, 1.807) is 4.90 Å². The second kappa shape index (κ2) is 8.87. The quantitative estimate of drug-likeness (QED) is 0.775. The number of hydrogen-bond donors (Lipinski definition) is 1. The van der Waals surface area contributed by atoms with Crippen LogP contribution in [0.1, 0.15) is 32.1 Å². The van der Waals surface area contributed by atoms with Crippen LogP contribution in [0.2, 0.25) is 0 Å². The first kappa shape index (κ1) is 17.8. The summed E-state index contributed by atoms with van der Waals surface area (Å²) in [6.45, 7) is 3.26. The second-order valence-electron chi connectivity index (χ2n) is 6.22. The van der Waals surface area contributed by atoms with Crippen molar-refractivity contribution in [3.05, 3.63) is 0 Å². The molecule has 0 aromatic heterocycles. The molecule has 1 fully saturated rings. The van der Waals surface area contributed by atoms with E-state index >= 15 is 0 Å². The van der Waals surface area contributed by atoms with Gasteiger partial charge in [-0.3, -0.25) is 4.79 Å². The zero-order valence-electron chi connectivity index (χ0n) is 13.5. The molecule has 0 aliphatic carbocycles. The number of amides is 2. The number of carbonyl (C=O) groups excluding carboxylic acids is 1. The van der Waals surface area contributed by atoms with E-state index in [2.05, 4.69) is 4.90 Å². The van der Waals surface area contributed by atoms with Crippen LogP contribution in [0.3, 0.4) is 0 Å². The molecule has 0 bridgehead atoms. The van der Waals surface area contributed by atoms with Crippen LogP contribution in [-0.4, -0.2) is 79.1 Å². The van der Waals surface area contributed by atoms with E-state index in [4.69, 9.17) is 5.11 Å². The lowest BCUT2D eigenvalue weighted by Crippen LogP contribution is -2.45. The van der Waals surface area contributed by atoms with Crippen LogP contribution in [0, 0.1) is 5.92 Å². The van der Waals surface area contributed by atoms with Gasteiger partial charge in [-0.2, -0.15) is 0 Å². The topological polar surface area (TPSA) is 64.1 Å². The predicted molar refractivity (Wildman–Crippen MR) is 82.4 cm³/mol. The van der Waals surface area contributed by atoms with E-state index in [0.717, 1.165) is 51.9 Å². The van der Waals surface area contributed by atoms with Crippen LogP contribution in [0.5, 0.6) is 0 Å². The molecule has 1 aliphatic heterocycles. The summed E-state index contributed by atoms with van der Waals surface area (Å²) in [4.78, 5) is 28.7. The monoisotopic (exact) mass is 299 g/mol. The largest absolute Gasteiger partial charge is 0.481 e. The Morgan fingerprint density at radius 3 is 2.29 bits per heavy atom. The molecule has 0 spiro atoms. The summed E-state index contributed by atoms with van der Waals surface area (Å²) in [6.07, 6.45) is 3.79. The molecule has 2 amide bonds. The zero-order valence-corrected chi connectivity index (χ0v) is 13.5. The molecular weight excluding hydrogens is 270 g/mol. The molecule has 0 aromatic rings. The Labute approximate surface area is 127 Å². The Kier molecular flexibility index (Phi) is 7.50.